The van der Waals surface area contributed by atoms with Crippen molar-refractivity contribution in [3.8, 4) is 0 Å². The molecule has 0 aliphatic rings. The molecular formula is C12H11NO2. The van der Waals surface area contributed by atoms with Gasteiger partial charge in [-0.1, -0.05) is 0 Å². The number of hydrogen-bond donors (Lipinski definition) is 1. The molecule has 0 bridgehead atoms. The van der Waals surface area contributed by atoms with Gasteiger partial charge in [-0.25, -0.2) is 0 Å². The molecule has 2 aromatic heterocycles. The molecule has 3 heteroatoms. The van der Waals surface area contributed by atoms with E-state index in [-0.39, 0.29) is 5.78 Å². The zero-order valence-electron chi connectivity index (χ0n) is 8.36. The van der Waals surface area contributed by atoms with Crippen molar-refractivity contribution in [1.82, 2.24) is 4.98 Å². The van der Waals surface area contributed by atoms with Crippen LogP contribution in [-0.4, -0.2) is 10.8 Å². The van der Waals surface area contributed by atoms with Crippen LogP contribution in [0, 0.1) is 6.92 Å². The lowest BCUT2D eigenvalue weighted by atomic mass is 10.2. The predicted molar refractivity (Wildman–Crippen MR) is 57.6 cm³/mol. The number of carbonyl (C=O) groups is 1. The Morgan fingerprint density at radius 1 is 1.40 bits per heavy atom. The number of aryl methyl sites for hydroxylation is 1. The van der Waals surface area contributed by atoms with Gasteiger partial charge >= 0.3 is 0 Å². The fourth-order valence-corrected chi connectivity index (χ4v) is 1.27. The zero-order chi connectivity index (χ0) is 10.7. The molecule has 1 N–H and O–H groups in total. The molecule has 0 radical (unpaired) electrons. The molecule has 15 heavy (non-hydrogen) atoms. The number of ketones is 1. The van der Waals surface area contributed by atoms with Crippen molar-refractivity contribution in [3.63, 3.8) is 0 Å². The van der Waals surface area contributed by atoms with Gasteiger partial charge in [0.2, 0.25) is 5.78 Å². The molecule has 0 aliphatic carbocycles. The fourth-order valence-electron chi connectivity index (χ4n) is 1.27. The van der Waals surface area contributed by atoms with Crippen LogP contribution in [0.1, 0.15) is 22.0 Å². The highest BCUT2D eigenvalue weighted by Crippen LogP contribution is 2.08. The van der Waals surface area contributed by atoms with Gasteiger partial charge in [-0.05, 0) is 43.3 Å². The average Bonchev–Trinajstić information content (AvgIpc) is 2.84. The van der Waals surface area contributed by atoms with E-state index in [1.165, 1.54) is 6.08 Å². The molecule has 0 unspecified atom stereocenters. The standard InChI is InChI=1S/C12H11NO2/c1-9-4-5-10(15-9)6-7-12(14)11-3-2-8-13-11/h2-8,13H,1H3/b7-6+. The number of H-pyrrole nitrogens is 1. The first-order valence-corrected chi connectivity index (χ1v) is 4.68. The summed E-state index contributed by atoms with van der Waals surface area (Å²) in [5.41, 5.74) is 0.578. The molecule has 0 saturated carbocycles. The highest BCUT2D eigenvalue weighted by atomic mass is 16.3. The van der Waals surface area contributed by atoms with E-state index in [1.807, 2.05) is 19.1 Å². The second-order valence-corrected chi connectivity index (χ2v) is 3.23. The van der Waals surface area contributed by atoms with Gasteiger partial charge in [0.15, 0.2) is 0 Å². The van der Waals surface area contributed by atoms with E-state index in [2.05, 4.69) is 4.98 Å². The third kappa shape index (κ3) is 2.26. The molecule has 0 aliphatic heterocycles. The summed E-state index contributed by atoms with van der Waals surface area (Å²) in [6.45, 7) is 1.87. The fraction of sp³-hybridized carbons (Fsp3) is 0.0833. The molecule has 2 aromatic rings. The van der Waals surface area contributed by atoms with Crippen molar-refractivity contribution in [2.75, 3.05) is 0 Å². The Hall–Kier alpha value is -2.03. The third-order valence-corrected chi connectivity index (χ3v) is 2.02. The maximum absolute atomic E-state index is 11.5. The average molecular weight is 201 g/mol. The van der Waals surface area contributed by atoms with Gasteiger partial charge in [0.1, 0.15) is 11.5 Å². The SMILES string of the molecule is Cc1ccc(/C=C/C(=O)c2ccc[nH]2)o1. The largest absolute Gasteiger partial charge is 0.462 e. The second kappa shape index (κ2) is 4.00. The molecule has 0 aromatic carbocycles. The number of furan rings is 1. The van der Waals surface area contributed by atoms with E-state index in [9.17, 15) is 4.79 Å². The second-order valence-electron chi connectivity index (χ2n) is 3.23. The van der Waals surface area contributed by atoms with Crippen LogP contribution in [0.3, 0.4) is 0 Å². The van der Waals surface area contributed by atoms with E-state index < -0.39 is 0 Å². The summed E-state index contributed by atoms with van der Waals surface area (Å²) < 4.78 is 5.30. The Labute approximate surface area is 87.4 Å². The zero-order valence-corrected chi connectivity index (χ0v) is 8.36. The van der Waals surface area contributed by atoms with Crippen molar-refractivity contribution >= 4 is 11.9 Å². The van der Waals surface area contributed by atoms with Gasteiger partial charge in [-0.2, -0.15) is 0 Å². The smallest absolute Gasteiger partial charge is 0.202 e. The normalized spacial score (nSPS) is 11.0. The number of aromatic amines is 1. The Bertz CT molecular complexity index is 477. The summed E-state index contributed by atoms with van der Waals surface area (Å²) in [6, 6.07) is 7.21. The summed E-state index contributed by atoms with van der Waals surface area (Å²) in [4.78, 5) is 14.4. The van der Waals surface area contributed by atoms with Gasteiger partial charge in [-0.3, -0.25) is 4.79 Å². The molecule has 0 saturated heterocycles. The first-order chi connectivity index (χ1) is 7.25. The van der Waals surface area contributed by atoms with E-state index in [0.717, 1.165) is 5.76 Å². The highest BCUT2D eigenvalue weighted by molar-refractivity contribution is 6.05. The van der Waals surface area contributed by atoms with Crippen LogP contribution in [0.4, 0.5) is 0 Å². The van der Waals surface area contributed by atoms with Crippen LogP contribution in [0.25, 0.3) is 6.08 Å². The van der Waals surface area contributed by atoms with Crippen LogP contribution >= 0.6 is 0 Å². The minimum Gasteiger partial charge on any atom is -0.462 e. The van der Waals surface area contributed by atoms with Crippen LogP contribution in [-0.2, 0) is 0 Å². The Balaban J connectivity index is 2.09. The van der Waals surface area contributed by atoms with Gasteiger partial charge in [-0.15, -0.1) is 0 Å². The van der Waals surface area contributed by atoms with Crippen LogP contribution < -0.4 is 0 Å². The lowest BCUT2D eigenvalue weighted by Gasteiger charge is -1.88. The first-order valence-electron chi connectivity index (χ1n) is 4.68. The van der Waals surface area contributed by atoms with Crippen LogP contribution in [0.15, 0.2) is 41.0 Å². The van der Waals surface area contributed by atoms with Crippen LogP contribution in [0.5, 0.6) is 0 Å². The number of hydrogen-bond acceptors (Lipinski definition) is 2. The molecule has 0 spiro atoms. The minimum atomic E-state index is -0.0611. The summed E-state index contributed by atoms with van der Waals surface area (Å²) in [5.74, 6) is 1.46. The van der Waals surface area contributed by atoms with Crippen molar-refractivity contribution < 1.29 is 9.21 Å². The Kier molecular flexibility index (Phi) is 2.54. The maximum atomic E-state index is 11.5. The number of carbonyl (C=O) groups excluding carboxylic acids is 1. The van der Waals surface area contributed by atoms with Gasteiger partial charge < -0.3 is 9.40 Å². The predicted octanol–water partition coefficient (Wildman–Crippen LogP) is 2.81. The first kappa shape index (κ1) is 9.52. The van der Waals surface area contributed by atoms with Gasteiger partial charge in [0.05, 0.1) is 5.69 Å². The monoisotopic (exact) mass is 201 g/mol. The Morgan fingerprint density at radius 3 is 2.87 bits per heavy atom. The van der Waals surface area contributed by atoms with Crippen molar-refractivity contribution in [3.05, 3.63) is 53.8 Å². The van der Waals surface area contributed by atoms with Gasteiger partial charge in [0.25, 0.3) is 0 Å². The molecule has 2 heterocycles. The molecule has 0 amide bonds. The number of aromatic nitrogens is 1. The van der Waals surface area contributed by atoms with E-state index in [4.69, 9.17) is 4.42 Å². The van der Waals surface area contributed by atoms with Crippen molar-refractivity contribution in [2.24, 2.45) is 0 Å². The summed E-state index contributed by atoms with van der Waals surface area (Å²) in [5, 5.41) is 0. The van der Waals surface area contributed by atoms with E-state index in [1.54, 1.807) is 24.4 Å². The lowest BCUT2D eigenvalue weighted by Crippen LogP contribution is -1.92. The highest BCUT2D eigenvalue weighted by Gasteiger charge is 2.01. The molecular weight excluding hydrogens is 190 g/mol. The maximum Gasteiger partial charge on any atom is 0.202 e. The number of rotatable bonds is 3. The van der Waals surface area contributed by atoms with Gasteiger partial charge in [0, 0.05) is 6.20 Å². The molecule has 3 nitrogen and oxygen atoms in total. The van der Waals surface area contributed by atoms with Crippen LogP contribution in [0.2, 0.25) is 0 Å². The van der Waals surface area contributed by atoms with Crippen molar-refractivity contribution in [2.45, 2.75) is 6.92 Å². The summed E-state index contributed by atoms with van der Waals surface area (Å²) >= 11 is 0. The molecule has 2 rings (SSSR count). The third-order valence-electron chi connectivity index (χ3n) is 2.02. The molecule has 0 atom stereocenters. The summed E-state index contributed by atoms with van der Waals surface area (Å²) in [7, 11) is 0. The lowest BCUT2D eigenvalue weighted by molar-refractivity contribution is 0.104. The molecule has 0 fully saturated rings. The molecule has 76 valence electrons. The van der Waals surface area contributed by atoms with E-state index in [0.29, 0.717) is 11.5 Å². The number of nitrogens with one attached hydrogen (secondary N) is 1. The van der Waals surface area contributed by atoms with E-state index >= 15 is 0 Å². The quantitative estimate of drug-likeness (QED) is 0.613. The van der Waals surface area contributed by atoms with Crippen molar-refractivity contribution in [1.29, 1.82) is 0 Å². The topological polar surface area (TPSA) is 46.0 Å². The Morgan fingerprint density at radius 2 is 2.27 bits per heavy atom. The number of allylic oxidation sites excluding steroid dienone is 1. The minimum absolute atomic E-state index is 0.0611. The summed E-state index contributed by atoms with van der Waals surface area (Å²) in [6.07, 6.45) is 4.87.